The fraction of sp³-hybridized carbons (Fsp3) is 0.400. The Labute approximate surface area is 143 Å². The van der Waals surface area contributed by atoms with E-state index >= 15 is 0 Å². The minimum atomic E-state index is 0.107. The number of likely N-dealkylation sites (tertiary alicyclic amines) is 1. The fourth-order valence-corrected chi connectivity index (χ4v) is 3.79. The van der Waals surface area contributed by atoms with Crippen LogP contribution in [0.25, 0.3) is 0 Å². The molecule has 0 radical (unpaired) electrons. The Morgan fingerprint density at radius 1 is 1.12 bits per heavy atom. The van der Waals surface area contributed by atoms with Crippen LogP contribution in [-0.4, -0.2) is 35.4 Å². The van der Waals surface area contributed by atoms with E-state index in [1.54, 1.807) is 0 Å². The number of hydrogen-bond acceptors (Lipinski definition) is 3. The van der Waals surface area contributed by atoms with E-state index in [4.69, 9.17) is 0 Å². The summed E-state index contributed by atoms with van der Waals surface area (Å²) in [5.74, 6) is 0.107. The number of rotatable bonds is 3. The van der Waals surface area contributed by atoms with Crippen molar-refractivity contribution in [1.29, 1.82) is 0 Å². The molecule has 0 spiro atoms. The molecular weight excluding hydrogens is 298 g/mol. The van der Waals surface area contributed by atoms with Gasteiger partial charge in [-0.05, 0) is 62.5 Å². The van der Waals surface area contributed by atoms with Gasteiger partial charge < -0.3 is 4.90 Å². The summed E-state index contributed by atoms with van der Waals surface area (Å²) in [6, 6.07) is 8.26. The van der Waals surface area contributed by atoms with Crippen LogP contribution in [0.3, 0.4) is 0 Å². The van der Waals surface area contributed by atoms with Gasteiger partial charge in [0, 0.05) is 24.8 Å². The molecule has 0 atom stereocenters. The molecule has 2 aliphatic rings. The molecule has 24 heavy (non-hydrogen) atoms. The van der Waals surface area contributed by atoms with Crippen molar-refractivity contribution in [2.24, 2.45) is 0 Å². The third-order valence-electron chi connectivity index (χ3n) is 5.12. The molecule has 0 bridgehead atoms. The van der Waals surface area contributed by atoms with Crippen molar-refractivity contribution in [3.05, 3.63) is 58.9 Å². The van der Waals surface area contributed by atoms with Crippen LogP contribution < -0.4 is 4.90 Å². The number of amides is 1. The summed E-state index contributed by atoms with van der Waals surface area (Å²) in [6.07, 6.45) is 7.14. The first-order chi connectivity index (χ1) is 11.7. The summed E-state index contributed by atoms with van der Waals surface area (Å²) in [5.41, 5.74) is 5.31. The topological polar surface area (TPSA) is 36.4 Å². The molecule has 0 unspecified atom stereocenters. The lowest BCUT2D eigenvalue weighted by Gasteiger charge is -2.31. The van der Waals surface area contributed by atoms with Gasteiger partial charge in [-0.2, -0.15) is 0 Å². The Bertz CT molecular complexity index is 765. The number of anilines is 1. The number of benzene rings is 1. The number of fused-ring (bicyclic) bond motifs is 1. The molecule has 1 fully saturated rings. The Balaban J connectivity index is 1.65. The van der Waals surface area contributed by atoms with Crippen LogP contribution in [0.2, 0.25) is 0 Å². The molecule has 124 valence electrons. The normalized spacial score (nSPS) is 18.0. The second-order valence-electron chi connectivity index (χ2n) is 6.86. The van der Waals surface area contributed by atoms with E-state index in [1.165, 1.54) is 18.4 Å². The number of pyridine rings is 1. The highest BCUT2D eigenvalue weighted by atomic mass is 16.2. The SMILES string of the molecule is Cc1ccc2c(c1)C(=O)N(c1cnccc1CN1CCCC1)CC2. The quantitative estimate of drug-likeness (QED) is 0.871. The molecule has 0 aliphatic carbocycles. The van der Waals surface area contributed by atoms with Gasteiger partial charge in [-0.15, -0.1) is 0 Å². The van der Waals surface area contributed by atoms with E-state index in [2.05, 4.69) is 28.1 Å². The smallest absolute Gasteiger partial charge is 0.258 e. The molecular formula is C20H23N3O. The maximum Gasteiger partial charge on any atom is 0.258 e. The Morgan fingerprint density at radius 3 is 2.79 bits per heavy atom. The molecule has 4 heteroatoms. The highest BCUT2D eigenvalue weighted by molar-refractivity contribution is 6.08. The lowest BCUT2D eigenvalue weighted by Crippen LogP contribution is -2.38. The number of aromatic nitrogens is 1. The predicted octanol–water partition coefficient (Wildman–Crippen LogP) is 3.19. The van der Waals surface area contributed by atoms with Crippen molar-refractivity contribution in [3.63, 3.8) is 0 Å². The zero-order valence-corrected chi connectivity index (χ0v) is 14.2. The van der Waals surface area contributed by atoms with Gasteiger partial charge >= 0.3 is 0 Å². The number of aryl methyl sites for hydroxylation is 1. The minimum Gasteiger partial charge on any atom is -0.306 e. The van der Waals surface area contributed by atoms with Crippen LogP contribution in [0, 0.1) is 6.92 Å². The van der Waals surface area contributed by atoms with Gasteiger partial charge in [-0.1, -0.05) is 17.7 Å². The number of carbonyl (C=O) groups is 1. The van der Waals surface area contributed by atoms with Crippen molar-refractivity contribution >= 4 is 11.6 Å². The Morgan fingerprint density at radius 2 is 1.96 bits per heavy atom. The predicted molar refractivity (Wildman–Crippen MR) is 95.3 cm³/mol. The zero-order chi connectivity index (χ0) is 16.5. The van der Waals surface area contributed by atoms with Crippen molar-refractivity contribution in [3.8, 4) is 0 Å². The third-order valence-corrected chi connectivity index (χ3v) is 5.12. The minimum absolute atomic E-state index is 0.107. The molecule has 2 aliphatic heterocycles. The molecule has 4 nitrogen and oxygen atoms in total. The summed E-state index contributed by atoms with van der Waals surface area (Å²) in [6.45, 7) is 5.97. The summed E-state index contributed by atoms with van der Waals surface area (Å²) < 4.78 is 0. The molecule has 1 amide bonds. The van der Waals surface area contributed by atoms with Crippen LogP contribution in [0.4, 0.5) is 5.69 Å². The molecule has 1 saturated heterocycles. The van der Waals surface area contributed by atoms with Gasteiger partial charge in [0.25, 0.3) is 5.91 Å². The highest BCUT2D eigenvalue weighted by Crippen LogP contribution is 2.28. The molecule has 1 aromatic heterocycles. The van der Waals surface area contributed by atoms with Gasteiger partial charge in [-0.25, -0.2) is 0 Å². The largest absolute Gasteiger partial charge is 0.306 e. The second-order valence-corrected chi connectivity index (χ2v) is 6.86. The van der Waals surface area contributed by atoms with E-state index in [1.807, 2.05) is 30.3 Å². The van der Waals surface area contributed by atoms with E-state index in [0.29, 0.717) is 0 Å². The van der Waals surface area contributed by atoms with Gasteiger partial charge in [0.05, 0.1) is 11.9 Å². The van der Waals surface area contributed by atoms with Gasteiger partial charge in [-0.3, -0.25) is 14.7 Å². The van der Waals surface area contributed by atoms with Crippen molar-refractivity contribution in [1.82, 2.24) is 9.88 Å². The molecule has 0 saturated carbocycles. The van der Waals surface area contributed by atoms with E-state index in [9.17, 15) is 4.79 Å². The standard InChI is InChI=1S/C20H23N3O/c1-15-4-5-16-7-11-23(20(24)18(16)12-15)19-13-21-8-6-17(19)14-22-9-2-3-10-22/h4-6,8,12-13H,2-3,7,9-11,14H2,1H3. The number of hydrogen-bond donors (Lipinski definition) is 0. The zero-order valence-electron chi connectivity index (χ0n) is 14.2. The van der Waals surface area contributed by atoms with Crippen molar-refractivity contribution in [2.75, 3.05) is 24.5 Å². The van der Waals surface area contributed by atoms with Crippen LogP contribution in [0.1, 0.15) is 39.9 Å². The van der Waals surface area contributed by atoms with E-state index < -0.39 is 0 Å². The highest BCUT2D eigenvalue weighted by Gasteiger charge is 2.27. The molecule has 2 aromatic rings. The molecule has 3 heterocycles. The van der Waals surface area contributed by atoms with Crippen LogP contribution >= 0.6 is 0 Å². The average Bonchev–Trinajstić information content (AvgIpc) is 3.10. The monoisotopic (exact) mass is 321 g/mol. The second kappa shape index (κ2) is 6.36. The van der Waals surface area contributed by atoms with E-state index in [0.717, 1.165) is 55.0 Å². The lowest BCUT2D eigenvalue weighted by molar-refractivity contribution is 0.0980. The van der Waals surface area contributed by atoms with Gasteiger partial charge in [0.2, 0.25) is 0 Å². The van der Waals surface area contributed by atoms with Crippen LogP contribution in [0.5, 0.6) is 0 Å². The van der Waals surface area contributed by atoms with Crippen LogP contribution in [0.15, 0.2) is 36.7 Å². The summed E-state index contributed by atoms with van der Waals surface area (Å²) >= 11 is 0. The molecule has 0 N–H and O–H groups in total. The third kappa shape index (κ3) is 2.82. The fourth-order valence-electron chi connectivity index (χ4n) is 3.79. The Hall–Kier alpha value is -2.20. The first-order valence-electron chi connectivity index (χ1n) is 8.79. The van der Waals surface area contributed by atoms with Gasteiger partial charge in [0.15, 0.2) is 0 Å². The molecule has 4 rings (SSSR count). The summed E-state index contributed by atoms with van der Waals surface area (Å²) in [4.78, 5) is 21.7. The maximum atomic E-state index is 13.0. The first-order valence-corrected chi connectivity index (χ1v) is 8.79. The van der Waals surface area contributed by atoms with Crippen LogP contribution in [-0.2, 0) is 13.0 Å². The van der Waals surface area contributed by atoms with E-state index in [-0.39, 0.29) is 5.91 Å². The lowest BCUT2D eigenvalue weighted by atomic mass is 9.96. The number of carbonyl (C=O) groups excluding carboxylic acids is 1. The Kier molecular flexibility index (Phi) is 4.07. The summed E-state index contributed by atoms with van der Waals surface area (Å²) in [5, 5.41) is 0. The van der Waals surface area contributed by atoms with Crippen molar-refractivity contribution < 1.29 is 4.79 Å². The average molecular weight is 321 g/mol. The van der Waals surface area contributed by atoms with Crippen molar-refractivity contribution in [2.45, 2.75) is 32.7 Å². The summed E-state index contributed by atoms with van der Waals surface area (Å²) in [7, 11) is 0. The molecule has 1 aromatic carbocycles. The first kappa shape index (κ1) is 15.3. The number of nitrogens with zero attached hydrogens (tertiary/aromatic N) is 3. The maximum absolute atomic E-state index is 13.0. The van der Waals surface area contributed by atoms with Gasteiger partial charge in [0.1, 0.15) is 0 Å².